The first-order valence-electron chi connectivity index (χ1n) is 11.9. The number of aryl methyl sites for hydroxylation is 1. The molecule has 3 atom stereocenters. The van der Waals surface area contributed by atoms with E-state index in [0.717, 1.165) is 5.56 Å². The number of β-lactam (4-membered cyclic amide) rings is 1. The smallest absolute Gasteiger partial charge is 0.252 e. The fraction of sp³-hybridized carbons (Fsp3) is 0.172. The molecule has 1 saturated heterocycles. The molecule has 39 heavy (non-hydrogen) atoms. The fourth-order valence-electron chi connectivity index (χ4n) is 4.62. The molecule has 0 saturated carbocycles. The van der Waals surface area contributed by atoms with Crippen LogP contribution in [-0.4, -0.2) is 32.1 Å². The Balaban J connectivity index is 1.41. The van der Waals surface area contributed by atoms with Crippen LogP contribution in [-0.2, 0) is 4.79 Å². The summed E-state index contributed by atoms with van der Waals surface area (Å²) in [5, 5.41) is 20.5. The maximum Gasteiger partial charge on any atom is 0.252 e. The van der Waals surface area contributed by atoms with Crippen molar-refractivity contribution in [3.05, 3.63) is 112 Å². The van der Waals surface area contributed by atoms with Crippen molar-refractivity contribution in [3.63, 3.8) is 0 Å². The third-order valence-corrected chi connectivity index (χ3v) is 8.20. The molecule has 0 bridgehead atoms. The molecule has 0 aliphatic carbocycles. The van der Waals surface area contributed by atoms with Gasteiger partial charge in [0.15, 0.2) is 5.82 Å². The van der Waals surface area contributed by atoms with Crippen LogP contribution in [0.4, 0.5) is 18.9 Å². The number of aliphatic hydroxyl groups excluding tert-OH is 1. The normalized spacial score (nSPS) is 17.7. The Morgan fingerprint density at radius 2 is 1.62 bits per heavy atom. The highest BCUT2D eigenvalue weighted by Gasteiger charge is 2.49. The molecule has 1 aromatic heterocycles. The zero-order chi connectivity index (χ0) is 27.8. The van der Waals surface area contributed by atoms with Crippen molar-refractivity contribution in [2.75, 3.05) is 10.7 Å². The predicted octanol–water partition coefficient (Wildman–Crippen LogP) is 6.76. The van der Waals surface area contributed by atoms with Crippen molar-refractivity contribution >= 4 is 35.0 Å². The van der Waals surface area contributed by atoms with E-state index < -0.39 is 35.0 Å². The average molecular weight is 571 g/mol. The van der Waals surface area contributed by atoms with E-state index in [-0.39, 0.29) is 34.2 Å². The van der Waals surface area contributed by atoms with Gasteiger partial charge in [-0.25, -0.2) is 9.37 Å². The molecule has 5 nitrogen and oxygen atoms in total. The molecular formula is C29H22ClF3N2O3S. The number of benzene rings is 3. The number of phenols is 1. The van der Waals surface area contributed by atoms with Crippen LogP contribution in [0.3, 0.4) is 0 Å². The summed E-state index contributed by atoms with van der Waals surface area (Å²) in [5.74, 6) is -4.32. The summed E-state index contributed by atoms with van der Waals surface area (Å²) < 4.78 is 41.8. The highest BCUT2D eigenvalue weighted by Crippen LogP contribution is 2.46. The summed E-state index contributed by atoms with van der Waals surface area (Å²) in [6.07, 6.45) is -0.809. The first-order valence-corrected chi connectivity index (χ1v) is 13.4. The van der Waals surface area contributed by atoms with Gasteiger partial charge in [-0.15, -0.1) is 11.8 Å². The van der Waals surface area contributed by atoms with Crippen LogP contribution in [0.5, 0.6) is 5.75 Å². The number of aromatic hydroxyl groups is 1. The number of anilines is 1. The van der Waals surface area contributed by atoms with Gasteiger partial charge in [-0.2, -0.15) is 8.78 Å². The molecule has 10 heteroatoms. The molecule has 4 aromatic rings. The van der Waals surface area contributed by atoms with Gasteiger partial charge in [-0.1, -0.05) is 48.0 Å². The number of amides is 1. The van der Waals surface area contributed by atoms with Gasteiger partial charge in [0.05, 0.1) is 17.8 Å². The van der Waals surface area contributed by atoms with Gasteiger partial charge in [0.25, 0.3) is 5.95 Å². The lowest BCUT2D eigenvalue weighted by Crippen LogP contribution is -2.57. The summed E-state index contributed by atoms with van der Waals surface area (Å²) >= 11 is 7.25. The van der Waals surface area contributed by atoms with Crippen LogP contribution in [0.25, 0.3) is 11.1 Å². The molecule has 2 heterocycles. The number of halogens is 4. The molecule has 5 rings (SSSR count). The molecule has 0 spiro atoms. The molecule has 1 amide bonds. The number of carbonyl (C=O) groups is 1. The third-order valence-electron chi connectivity index (χ3n) is 6.62. The monoisotopic (exact) mass is 570 g/mol. The van der Waals surface area contributed by atoms with Gasteiger partial charge >= 0.3 is 0 Å². The Morgan fingerprint density at radius 1 is 0.974 bits per heavy atom. The largest absolute Gasteiger partial charge is 0.508 e. The number of hydrogen-bond donors (Lipinski definition) is 2. The van der Waals surface area contributed by atoms with Crippen LogP contribution in [0.2, 0.25) is 5.02 Å². The second-order valence-electron chi connectivity index (χ2n) is 9.10. The van der Waals surface area contributed by atoms with Gasteiger partial charge in [0, 0.05) is 22.0 Å². The molecule has 0 radical (unpaired) electrons. The Morgan fingerprint density at radius 3 is 2.26 bits per heavy atom. The zero-order valence-corrected chi connectivity index (χ0v) is 22.1. The summed E-state index contributed by atoms with van der Waals surface area (Å²) in [4.78, 5) is 18.4. The van der Waals surface area contributed by atoms with Crippen molar-refractivity contribution in [3.8, 4) is 16.9 Å². The maximum atomic E-state index is 14.5. The number of phenolic OH excluding ortho intramolecular Hbond substituents is 1. The third kappa shape index (κ3) is 5.22. The average Bonchev–Trinajstić information content (AvgIpc) is 2.92. The van der Waals surface area contributed by atoms with Crippen LogP contribution in [0.15, 0.2) is 72.8 Å². The minimum absolute atomic E-state index is 0.00291. The fourth-order valence-corrected chi connectivity index (χ4v) is 6.05. The van der Waals surface area contributed by atoms with Gasteiger partial charge in [-0.3, -0.25) is 4.79 Å². The summed E-state index contributed by atoms with van der Waals surface area (Å²) in [5.41, 5.74) is 2.10. The van der Waals surface area contributed by atoms with Gasteiger partial charge in [0.1, 0.15) is 11.0 Å². The number of aromatic nitrogens is 1. The van der Waals surface area contributed by atoms with Crippen molar-refractivity contribution in [1.82, 2.24) is 4.98 Å². The summed E-state index contributed by atoms with van der Waals surface area (Å²) in [7, 11) is 0. The zero-order valence-electron chi connectivity index (χ0n) is 20.5. The molecule has 3 aromatic carbocycles. The first kappa shape index (κ1) is 27.1. The van der Waals surface area contributed by atoms with Crippen molar-refractivity contribution in [2.24, 2.45) is 0 Å². The molecule has 0 unspecified atom stereocenters. The predicted molar refractivity (Wildman–Crippen MR) is 145 cm³/mol. The number of aliphatic hydroxyl groups is 1. The number of hydrogen-bond acceptors (Lipinski definition) is 5. The van der Waals surface area contributed by atoms with E-state index >= 15 is 0 Å². The van der Waals surface area contributed by atoms with Crippen molar-refractivity contribution in [2.45, 2.75) is 24.3 Å². The van der Waals surface area contributed by atoms with E-state index in [1.54, 1.807) is 53.4 Å². The first-order chi connectivity index (χ1) is 18.7. The minimum Gasteiger partial charge on any atom is -0.508 e. The maximum absolute atomic E-state index is 14.5. The van der Waals surface area contributed by atoms with E-state index in [0.29, 0.717) is 16.3 Å². The lowest BCUT2D eigenvalue weighted by molar-refractivity contribution is -0.123. The van der Waals surface area contributed by atoms with E-state index in [9.17, 15) is 28.2 Å². The van der Waals surface area contributed by atoms with E-state index in [2.05, 4.69) is 4.98 Å². The molecule has 1 aliphatic heterocycles. The summed E-state index contributed by atoms with van der Waals surface area (Å²) in [6, 6.07) is 19.2. The standard InChI is InChI=1S/C29H22ClF3N2O3S/c1-15-23(24(31)25(32)28(33)34-15)17-4-10-20(11-5-17)35-26(18-6-12-21(36)13-7-18)27(29(35)38)39-14-22(37)16-2-8-19(30)9-3-16/h2-13,22,26-27,36-37H,14H2,1H3/t22-,26+,27+/m0/s1. The Labute approximate surface area is 231 Å². The van der Waals surface area contributed by atoms with E-state index in [1.165, 1.54) is 43.0 Å². The van der Waals surface area contributed by atoms with Crippen molar-refractivity contribution in [1.29, 1.82) is 0 Å². The Bertz CT molecular complexity index is 1520. The molecular weight excluding hydrogens is 549 g/mol. The number of nitrogens with zero attached hydrogens (tertiary/aromatic N) is 2. The van der Waals surface area contributed by atoms with E-state index in [1.807, 2.05) is 0 Å². The van der Waals surface area contributed by atoms with E-state index in [4.69, 9.17) is 11.6 Å². The molecule has 200 valence electrons. The summed E-state index contributed by atoms with van der Waals surface area (Å²) in [6.45, 7) is 1.38. The van der Waals surface area contributed by atoms with Crippen LogP contribution >= 0.6 is 23.4 Å². The van der Waals surface area contributed by atoms with Gasteiger partial charge in [-0.05, 0) is 60.0 Å². The van der Waals surface area contributed by atoms with Gasteiger partial charge in [0.2, 0.25) is 11.7 Å². The van der Waals surface area contributed by atoms with Crippen molar-refractivity contribution < 1.29 is 28.2 Å². The van der Waals surface area contributed by atoms with Crippen LogP contribution in [0, 0.1) is 24.5 Å². The van der Waals surface area contributed by atoms with Crippen LogP contribution < -0.4 is 4.90 Å². The van der Waals surface area contributed by atoms with Gasteiger partial charge < -0.3 is 15.1 Å². The van der Waals surface area contributed by atoms with Crippen LogP contribution in [0.1, 0.15) is 29.0 Å². The highest BCUT2D eigenvalue weighted by molar-refractivity contribution is 8.00. The Kier molecular flexibility index (Phi) is 7.57. The number of pyridine rings is 1. The molecule has 1 aliphatic rings. The lowest BCUT2D eigenvalue weighted by Gasteiger charge is -2.47. The quantitative estimate of drug-likeness (QED) is 0.190. The SMILES string of the molecule is Cc1nc(F)c(F)c(F)c1-c1ccc(N2C(=O)[C@H](SC[C@H](O)c3ccc(Cl)cc3)[C@H]2c2ccc(O)cc2)cc1. The topological polar surface area (TPSA) is 73.7 Å². The highest BCUT2D eigenvalue weighted by atomic mass is 35.5. The second kappa shape index (κ2) is 10.9. The molecule has 2 N–H and O–H groups in total. The second-order valence-corrected chi connectivity index (χ2v) is 10.7. The number of carbonyl (C=O) groups excluding carboxylic acids is 1. The minimum atomic E-state index is -1.65. The number of rotatable bonds is 7. The molecule has 1 fully saturated rings. The number of thioether (sulfide) groups is 1. The Hall–Kier alpha value is -3.53. The lowest BCUT2D eigenvalue weighted by atomic mass is 9.91.